The molecule has 1 aromatic heterocycles. The fourth-order valence-electron chi connectivity index (χ4n) is 2.60. The molecule has 2 aromatic rings. The number of benzene rings is 1. The normalized spacial score (nSPS) is 17.5. The van der Waals surface area contributed by atoms with Crippen molar-refractivity contribution in [3.05, 3.63) is 48.3 Å². The smallest absolute Gasteiger partial charge is 0.224 e. The highest BCUT2D eigenvalue weighted by molar-refractivity contribution is 5.85. The van der Waals surface area contributed by atoms with Crippen molar-refractivity contribution in [3.63, 3.8) is 0 Å². The topological polar surface area (TPSA) is 59.0 Å². The lowest BCUT2D eigenvalue weighted by Gasteiger charge is -2.21. The molecule has 1 aliphatic rings. The zero-order valence-electron chi connectivity index (χ0n) is 12.4. The summed E-state index contributed by atoms with van der Waals surface area (Å²) in [6.07, 6.45) is 5.73. The maximum atomic E-state index is 12.1. The van der Waals surface area contributed by atoms with E-state index in [9.17, 15) is 4.79 Å². The van der Waals surface area contributed by atoms with Crippen LogP contribution in [-0.4, -0.2) is 28.8 Å². The standard InChI is InChI=1S/C16H20N4O.ClH/c21-16(14-3-1-8-17-12-14)18-11-13-4-6-15(7-5-13)20-10-2-9-19-20;/h2,4-7,9-10,14,17H,1,3,8,11-12H2,(H,18,21);1H. The number of amides is 1. The Hall–Kier alpha value is -1.85. The molecule has 22 heavy (non-hydrogen) atoms. The summed E-state index contributed by atoms with van der Waals surface area (Å²) in [6.45, 7) is 2.40. The second kappa shape index (κ2) is 7.96. The Balaban J connectivity index is 0.00000176. The summed E-state index contributed by atoms with van der Waals surface area (Å²) in [6, 6.07) is 9.96. The number of aromatic nitrogens is 2. The molecular formula is C16H21ClN4O. The van der Waals surface area contributed by atoms with Gasteiger partial charge in [0.1, 0.15) is 0 Å². The van der Waals surface area contributed by atoms with Gasteiger partial charge in [-0.05, 0) is 43.1 Å². The zero-order chi connectivity index (χ0) is 14.5. The first-order valence-corrected chi connectivity index (χ1v) is 7.40. The first-order chi connectivity index (χ1) is 10.3. The second-order valence-corrected chi connectivity index (χ2v) is 5.38. The van der Waals surface area contributed by atoms with Gasteiger partial charge in [-0.1, -0.05) is 12.1 Å². The van der Waals surface area contributed by atoms with Crippen molar-refractivity contribution in [1.82, 2.24) is 20.4 Å². The average Bonchev–Trinajstić information content (AvgIpc) is 3.08. The van der Waals surface area contributed by atoms with E-state index in [-0.39, 0.29) is 24.2 Å². The van der Waals surface area contributed by atoms with Crippen LogP contribution in [0.25, 0.3) is 5.69 Å². The van der Waals surface area contributed by atoms with E-state index < -0.39 is 0 Å². The van der Waals surface area contributed by atoms with Crippen LogP contribution in [0.3, 0.4) is 0 Å². The predicted molar refractivity (Wildman–Crippen MR) is 88.3 cm³/mol. The van der Waals surface area contributed by atoms with Gasteiger partial charge >= 0.3 is 0 Å². The summed E-state index contributed by atoms with van der Waals surface area (Å²) in [5, 5.41) is 10.5. The highest BCUT2D eigenvalue weighted by atomic mass is 35.5. The number of halogens is 1. The van der Waals surface area contributed by atoms with E-state index in [2.05, 4.69) is 15.7 Å². The van der Waals surface area contributed by atoms with Gasteiger partial charge in [0.05, 0.1) is 11.6 Å². The van der Waals surface area contributed by atoms with Crippen LogP contribution < -0.4 is 10.6 Å². The zero-order valence-corrected chi connectivity index (χ0v) is 13.2. The third-order valence-corrected chi connectivity index (χ3v) is 3.84. The molecule has 1 fully saturated rings. The molecule has 1 aromatic carbocycles. The number of hydrogen-bond donors (Lipinski definition) is 2. The molecule has 0 spiro atoms. The summed E-state index contributed by atoms with van der Waals surface area (Å²) in [5.41, 5.74) is 2.12. The van der Waals surface area contributed by atoms with E-state index in [4.69, 9.17) is 0 Å². The molecule has 6 heteroatoms. The lowest BCUT2D eigenvalue weighted by Crippen LogP contribution is -2.40. The van der Waals surface area contributed by atoms with Crippen molar-refractivity contribution in [2.24, 2.45) is 5.92 Å². The SMILES string of the molecule is Cl.O=C(NCc1ccc(-n2cccn2)cc1)C1CCCNC1. The van der Waals surface area contributed by atoms with Crippen molar-refractivity contribution < 1.29 is 4.79 Å². The van der Waals surface area contributed by atoms with Gasteiger partial charge in [0.25, 0.3) is 0 Å². The molecule has 0 radical (unpaired) electrons. The molecular weight excluding hydrogens is 300 g/mol. The molecule has 0 aliphatic carbocycles. The van der Waals surface area contributed by atoms with Crippen molar-refractivity contribution in [3.8, 4) is 5.69 Å². The number of nitrogens with zero attached hydrogens (tertiary/aromatic N) is 2. The van der Waals surface area contributed by atoms with Crippen LogP contribution in [0, 0.1) is 5.92 Å². The van der Waals surface area contributed by atoms with E-state index in [1.165, 1.54) is 0 Å². The molecule has 1 unspecified atom stereocenters. The van der Waals surface area contributed by atoms with Gasteiger partial charge in [0.15, 0.2) is 0 Å². The molecule has 0 bridgehead atoms. The number of carbonyl (C=O) groups is 1. The van der Waals surface area contributed by atoms with Crippen LogP contribution in [0.15, 0.2) is 42.7 Å². The highest BCUT2D eigenvalue weighted by Gasteiger charge is 2.20. The van der Waals surface area contributed by atoms with E-state index in [1.54, 1.807) is 6.20 Å². The van der Waals surface area contributed by atoms with E-state index in [1.807, 2.05) is 41.2 Å². The number of hydrogen-bond acceptors (Lipinski definition) is 3. The van der Waals surface area contributed by atoms with E-state index >= 15 is 0 Å². The van der Waals surface area contributed by atoms with Gasteiger partial charge in [0, 0.05) is 25.5 Å². The van der Waals surface area contributed by atoms with Crippen molar-refractivity contribution in [2.75, 3.05) is 13.1 Å². The largest absolute Gasteiger partial charge is 0.352 e. The molecule has 2 N–H and O–H groups in total. The summed E-state index contributed by atoms with van der Waals surface area (Å²) in [5.74, 6) is 0.264. The Morgan fingerprint density at radius 1 is 1.36 bits per heavy atom. The maximum absolute atomic E-state index is 12.1. The minimum Gasteiger partial charge on any atom is -0.352 e. The number of piperidine rings is 1. The minimum absolute atomic E-state index is 0. The molecule has 3 rings (SSSR count). The second-order valence-electron chi connectivity index (χ2n) is 5.38. The van der Waals surface area contributed by atoms with Gasteiger partial charge < -0.3 is 10.6 Å². The Bertz CT molecular complexity index is 577. The Morgan fingerprint density at radius 3 is 2.82 bits per heavy atom. The predicted octanol–water partition coefficient (Wildman–Crippen LogP) is 1.91. The Morgan fingerprint density at radius 2 is 2.18 bits per heavy atom. The van der Waals surface area contributed by atoms with Crippen LogP contribution in [0.2, 0.25) is 0 Å². The van der Waals surface area contributed by atoms with Crippen LogP contribution in [-0.2, 0) is 11.3 Å². The minimum atomic E-state index is 0. The Kier molecular flexibility index (Phi) is 5.98. The van der Waals surface area contributed by atoms with Gasteiger partial charge in [-0.15, -0.1) is 12.4 Å². The molecule has 2 heterocycles. The Labute approximate surface area is 136 Å². The monoisotopic (exact) mass is 320 g/mol. The highest BCUT2D eigenvalue weighted by Crippen LogP contribution is 2.11. The van der Waals surface area contributed by atoms with Gasteiger partial charge in [-0.25, -0.2) is 4.68 Å². The van der Waals surface area contributed by atoms with Gasteiger partial charge in [-0.2, -0.15) is 5.10 Å². The molecule has 118 valence electrons. The number of carbonyl (C=O) groups excluding carboxylic acids is 1. The first kappa shape index (κ1) is 16.5. The molecule has 1 atom stereocenters. The molecule has 1 aliphatic heterocycles. The first-order valence-electron chi connectivity index (χ1n) is 7.40. The fraction of sp³-hybridized carbons (Fsp3) is 0.375. The molecule has 1 saturated heterocycles. The summed E-state index contributed by atoms with van der Waals surface area (Å²) in [7, 11) is 0. The summed E-state index contributed by atoms with van der Waals surface area (Å²) in [4.78, 5) is 12.1. The van der Waals surface area contributed by atoms with Crippen molar-refractivity contribution >= 4 is 18.3 Å². The van der Waals surface area contributed by atoms with Crippen molar-refractivity contribution in [1.29, 1.82) is 0 Å². The molecule has 1 amide bonds. The maximum Gasteiger partial charge on any atom is 0.224 e. The average molecular weight is 321 g/mol. The van der Waals surface area contributed by atoms with Crippen LogP contribution in [0.1, 0.15) is 18.4 Å². The van der Waals surface area contributed by atoms with E-state index in [0.29, 0.717) is 6.54 Å². The fourth-order valence-corrected chi connectivity index (χ4v) is 2.60. The quantitative estimate of drug-likeness (QED) is 0.904. The molecule has 0 saturated carbocycles. The van der Waals surface area contributed by atoms with Gasteiger partial charge in [-0.3, -0.25) is 4.79 Å². The summed E-state index contributed by atoms with van der Waals surface area (Å²) < 4.78 is 1.82. The van der Waals surface area contributed by atoms with E-state index in [0.717, 1.165) is 37.2 Å². The third kappa shape index (κ3) is 4.08. The lowest BCUT2D eigenvalue weighted by atomic mass is 9.99. The van der Waals surface area contributed by atoms with Crippen molar-refractivity contribution in [2.45, 2.75) is 19.4 Å². The van der Waals surface area contributed by atoms with Crippen LogP contribution in [0.4, 0.5) is 0 Å². The van der Waals surface area contributed by atoms with Crippen LogP contribution >= 0.6 is 12.4 Å². The van der Waals surface area contributed by atoms with Gasteiger partial charge in [0.2, 0.25) is 5.91 Å². The summed E-state index contributed by atoms with van der Waals surface area (Å²) >= 11 is 0. The number of rotatable bonds is 4. The van der Waals surface area contributed by atoms with Crippen LogP contribution in [0.5, 0.6) is 0 Å². The lowest BCUT2D eigenvalue weighted by molar-refractivity contribution is -0.125. The third-order valence-electron chi connectivity index (χ3n) is 3.84. The molecule has 5 nitrogen and oxygen atoms in total. The number of nitrogens with one attached hydrogen (secondary N) is 2.